The van der Waals surface area contributed by atoms with Crippen molar-refractivity contribution in [2.45, 2.75) is 248 Å². The molecule has 0 spiro atoms. The van der Waals surface area contributed by atoms with E-state index in [4.69, 9.17) is 75.8 Å². The number of thioether (sulfide) groups is 2. The zero-order chi connectivity index (χ0) is 74.0. The van der Waals surface area contributed by atoms with Gasteiger partial charge in [0.25, 0.3) is 0 Å². The van der Waals surface area contributed by atoms with Crippen LogP contribution in [0.5, 0.6) is 0 Å². The smallest absolute Gasteiger partial charge is 0.307 e. The molecule has 21 N–H and O–H groups in total. The molecule has 43 heteroatoms. The zero-order valence-electron chi connectivity index (χ0n) is 54.3. The standard InChI is InChI=1S/C58H94O41S2/c1-3-19(50(80)81)14-100-16-27-48-34(71)41(78)57(91-27)96-46-25(12-62)87-53(37(74)30(46)67)93-43-22(9-59)86-52(36(73)29(43)66)94-44-24(11-61)90-56(40(77)33(44)70)99-49-28(17-101-15-20(51(82)83)8-21(65)4-5-84-6-7-85-18(2)64)92-58(42(79)35(49)72)97-47-26(13-63)88-54(38(75)31(47)68)95-45-23(10-60)89-55(98-48)39(76)32(45)69/h19-20,22-49,52-63,66-79H,3-17H2,1-2H3,(H,80,81)(H,82,83)/t19?,20?,22?,23?,24?,25?,26?,27?,28?,29-,30-,31-,32-,33-,34-,35-,36?,37?,38?,39?,40?,41?,42?,43-,44-,45-,46-,47-,48-,49-,52-,53-,54-,55-,56-,57-,58-/m1/s1. The first kappa shape index (κ1) is 84.0. The maximum atomic E-state index is 12.9. The number of rotatable bonds is 24. The highest BCUT2D eigenvalue weighted by molar-refractivity contribution is 7.99. The Balaban J connectivity index is 1.09. The lowest BCUT2D eigenvalue weighted by molar-refractivity contribution is -0.395. The maximum absolute atomic E-state index is 12.9. The van der Waals surface area contributed by atoms with Crippen molar-refractivity contribution in [1.29, 1.82) is 0 Å². The number of hydrogen-bond donors (Lipinski definition) is 21. The number of esters is 1. The van der Waals surface area contributed by atoms with Crippen molar-refractivity contribution in [2.75, 3.05) is 75.9 Å². The topological polar surface area (TPSA) is 641 Å². The third-order valence-corrected chi connectivity index (χ3v) is 20.8. The number of carbonyl (C=O) groups excluding carboxylic acids is 2. The van der Waals surface area contributed by atoms with Crippen LogP contribution in [0.4, 0.5) is 0 Å². The molecule has 101 heavy (non-hydrogen) atoms. The van der Waals surface area contributed by atoms with E-state index < -0.39 is 296 Å². The van der Waals surface area contributed by atoms with Crippen molar-refractivity contribution in [3.8, 4) is 0 Å². The highest BCUT2D eigenvalue weighted by atomic mass is 32.2. The summed E-state index contributed by atoms with van der Waals surface area (Å²) in [6.45, 7) is -3.07. The molecule has 0 aliphatic carbocycles. The predicted molar refractivity (Wildman–Crippen MR) is 323 cm³/mol. The van der Waals surface area contributed by atoms with Gasteiger partial charge in [-0.25, -0.2) is 0 Å². The molecule has 0 amide bonds. The number of carboxylic acids is 2. The molecule has 21 fully saturated rings. The summed E-state index contributed by atoms with van der Waals surface area (Å²) in [6, 6.07) is 0. The quantitative estimate of drug-likeness (QED) is 0.0315. The Bertz CT molecular complexity index is 2570. The van der Waals surface area contributed by atoms with Crippen LogP contribution >= 0.6 is 23.5 Å². The molecule has 16 unspecified atom stereocenters. The fourth-order valence-electron chi connectivity index (χ4n) is 12.5. The Labute approximate surface area is 583 Å². The van der Waals surface area contributed by atoms with Gasteiger partial charge in [-0.3, -0.25) is 19.2 Å². The lowest BCUT2D eigenvalue weighted by Crippen LogP contribution is -2.68. The molecule has 21 heterocycles. The summed E-state index contributed by atoms with van der Waals surface area (Å²) in [5.41, 5.74) is 0. The van der Waals surface area contributed by atoms with Crippen molar-refractivity contribution < 1.29 is 202 Å². The highest BCUT2D eigenvalue weighted by Crippen LogP contribution is 2.40. The number of aliphatic hydroxyl groups excluding tert-OH is 19. The van der Waals surface area contributed by atoms with Crippen LogP contribution in [0, 0.1) is 11.8 Å². The fraction of sp³-hybridized carbons (Fsp3) is 0.931. The maximum Gasteiger partial charge on any atom is 0.307 e. The second kappa shape index (κ2) is 38.5. The van der Waals surface area contributed by atoms with Crippen molar-refractivity contribution >= 4 is 47.2 Å². The Kier molecular flexibility index (Phi) is 32.0. The molecule has 0 aromatic rings. The minimum Gasteiger partial charge on any atom is -0.481 e. The van der Waals surface area contributed by atoms with Crippen LogP contribution in [0.1, 0.15) is 33.1 Å². The van der Waals surface area contributed by atoms with Gasteiger partial charge in [-0.2, -0.15) is 23.5 Å². The minimum absolute atomic E-state index is 0.0578. The minimum atomic E-state index is -2.31. The summed E-state index contributed by atoms with van der Waals surface area (Å²) in [4.78, 5) is 48.5. The summed E-state index contributed by atoms with van der Waals surface area (Å²) in [7, 11) is 0. The molecular formula is C58H94O41S2. The number of aliphatic hydroxyl groups is 19. The predicted octanol–water partition coefficient (Wildman–Crippen LogP) is -12.0. The van der Waals surface area contributed by atoms with Crippen molar-refractivity contribution in [3.63, 3.8) is 0 Å². The van der Waals surface area contributed by atoms with Crippen molar-refractivity contribution in [1.82, 2.24) is 0 Å². The van der Waals surface area contributed by atoms with Gasteiger partial charge in [0.15, 0.2) is 44.0 Å². The molecule has 0 aromatic carbocycles. The Morgan fingerprint density at radius 1 is 0.347 bits per heavy atom. The van der Waals surface area contributed by atoms with E-state index in [1.807, 2.05) is 0 Å². The third kappa shape index (κ3) is 20.0. The van der Waals surface area contributed by atoms with Gasteiger partial charge in [0.1, 0.15) is 171 Å². The number of ketones is 1. The summed E-state index contributed by atoms with van der Waals surface area (Å²) in [5.74, 6) is -7.31. The van der Waals surface area contributed by atoms with Crippen LogP contribution in [-0.4, -0.2) is 422 Å². The molecular weight excluding hydrogens is 1420 g/mol. The molecule has 21 saturated heterocycles. The van der Waals surface area contributed by atoms with Gasteiger partial charge in [-0.15, -0.1) is 0 Å². The van der Waals surface area contributed by atoms with Gasteiger partial charge < -0.3 is 183 Å². The second-order valence-corrected chi connectivity index (χ2v) is 27.4. The average Bonchev–Trinajstić information content (AvgIpc) is 0.787. The van der Waals surface area contributed by atoms with Crippen LogP contribution in [0.3, 0.4) is 0 Å². The molecule has 41 nitrogen and oxygen atoms in total. The number of Topliss-reactive ketones (excluding diaryl/α,β-unsaturated/α-hetero) is 1. The number of carboxylic acid groups (broad SMARTS) is 2. The van der Waals surface area contributed by atoms with E-state index >= 15 is 0 Å². The molecule has 0 aromatic heterocycles. The van der Waals surface area contributed by atoms with Crippen LogP contribution in [0.25, 0.3) is 0 Å². The molecule has 584 valence electrons. The van der Waals surface area contributed by atoms with E-state index in [-0.39, 0.29) is 49.9 Å². The molecule has 37 atom stereocenters. The SMILES string of the molecule is CCC(CSCC1O[C@@H]2O[C@@H]3C(CO)O[C@H](O[C@@H]4C(CO)O[C@H](O[C@@H]5C(CO)O[C@H](O[C@@H]6C(CSCC(CC(=O)CCOCCOC(C)=O)C(=O)O)O[C@H](O[C@@H]7C(CO)O[C@H](O[C@@H]8C(CO)O[C@H](O[C@H]1[C@H](O)C2O)C(O)[C@H]8O)C(O)[C@H]7O)C(O)[C@H]6O)C(O)[C@H]5O)C(O)[C@H]4O)C(O)[C@H]3O)C(=O)O. The van der Waals surface area contributed by atoms with Crippen molar-refractivity contribution in [2.24, 2.45) is 11.8 Å². The summed E-state index contributed by atoms with van der Waals surface area (Å²) in [6.07, 6.45) is -73.0. The van der Waals surface area contributed by atoms with Crippen LogP contribution < -0.4 is 0 Å². The van der Waals surface area contributed by atoms with E-state index in [2.05, 4.69) is 0 Å². The largest absolute Gasteiger partial charge is 0.481 e. The fourth-order valence-corrected chi connectivity index (χ4v) is 15.0. The van der Waals surface area contributed by atoms with E-state index in [1.165, 1.54) is 6.92 Å². The third-order valence-electron chi connectivity index (χ3n) is 18.3. The Morgan fingerprint density at radius 2 is 0.594 bits per heavy atom. The van der Waals surface area contributed by atoms with Gasteiger partial charge in [0, 0.05) is 42.8 Å². The molecule has 21 rings (SSSR count). The lowest BCUT2D eigenvalue weighted by Gasteiger charge is -2.50. The first-order valence-corrected chi connectivity index (χ1v) is 34.9. The van der Waals surface area contributed by atoms with Crippen LogP contribution in [-0.2, 0) is 95.0 Å². The molecule has 21 aliphatic rings. The van der Waals surface area contributed by atoms with E-state index in [0.29, 0.717) is 0 Å². The number of hydrogen-bond acceptors (Lipinski definition) is 41. The van der Waals surface area contributed by atoms with E-state index in [9.17, 15) is 126 Å². The average molecular weight is 1510 g/mol. The van der Waals surface area contributed by atoms with Gasteiger partial charge in [-0.1, -0.05) is 6.92 Å². The lowest BCUT2D eigenvalue weighted by atomic mass is 9.95. The molecule has 21 aliphatic heterocycles. The summed E-state index contributed by atoms with van der Waals surface area (Å²) >= 11 is 1.71. The first-order chi connectivity index (χ1) is 48.0. The van der Waals surface area contributed by atoms with Crippen LogP contribution in [0.2, 0.25) is 0 Å². The van der Waals surface area contributed by atoms with Gasteiger partial charge in [0.05, 0.1) is 70.3 Å². The first-order valence-electron chi connectivity index (χ1n) is 32.6. The summed E-state index contributed by atoms with van der Waals surface area (Å²) in [5, 5.41) is 237. The monoisotopic (exact) mass is 1510 g/mol. The summed E-state index contributed by atoms with van der Waals surface area (Å²) < 4.78 is 92.6. The second-order valence-electron chi connectivity index (χ2n) is 25.3. The van der Waals surface area contributed by atoms with Crippen LogP contribution in [0.15, 0.2) is 0 Å². The Hall–Kier alpha value is -2.58. The van der Waals surface area contributed by atoms with Gasteiger partial charge in [-0.05, 0) is 6.42 Å². The number of ether oxygens (including phenoxy) is 16. The van der Waals surface area contributed by atoms with Gasteiger partial charge in [0.2, 0.25) is 0 Å². The van der Waals surface area contributed by atoms with Crippen molar-refractivity contribution in [3.05, 3.63) is 0 Å². The van der Waals surface area contributed by atoms with Gasteiger partial charge >= 0.3 is 17.9 Å². The number of carbonyl (C=O) groups is 4. The van der Waals surface area contributed by atoms with E-state index in [1.54, 1.807) is 6.92 Å². The normalized spacial score (nSPS) is 45.5. The number of aliphatic carboxylic acids is 2. The van der Waals surface area contributed by atoms with E-state index in [0.717, 1.165) is 23.5 Å². The zero-order valence-corrected chi connectivity index (χ0v) is 56.0. The molecule has 0 saturated carbocycles. The Morgan fingerprint density at radius 3 is 0.832 bits per heavy atom. The molecule has 0 radical (unpaired) electrons. The molecule has 14 bridgehead atoms. The highest BCUT2D eigenvalue weighted by Gasteiger charge is 2.60.